The summed E-state index contributed by atoms with van der Waals surface area (Å²) in [5, 5.41) is 8.99. The molecule has 2 aromatic rings. The van der Waals surface area contributed by atoms with Gasteiger partial charge >= 0.3 is 5.97 Å². The molecule has 0 saturated carbocycles. The average molecular weight is 338 g/mol. The number of carbonyl (C=O) groups is 2. The van der Waals surface area contributed by atoms with Gasteiger partial charge in [-0.1, -0.05) is 12.1 Å². The zero-order chi connectivity index (χ0) is 17.8. The number of carboxylic acid groups (broad SMARTS) is 1. The molecule has 5 heteroatoms. The second-order valence-electron chi connectivity index (χ2n) is 6.61. The Morgan fingerprint density at radius 3 is 2.68 bits per heavy atom. The molecular formula is C20H22N2O3. The molecule has 25 heavy (non-hydrogen) atoms. The van der Waals surface area contributed by atoms with Gasteiger partial charge in [-0.15, -0.1) is 0 Å². The third kappa shape index (κ3) is 4.24. The molecule has 1 amide bonds. The van der Waals surface area contributed by atoms with Crippen LogP contribution in [0.5, 0.6) is 0 Å². The first-order chi connectivity index (χ1) is 12.0. The maximum atomic E-state index is 11.6. The molecule has 0 bridgehead atoms. The predicted octanol–water partition coefficient (Wildman–Crippen LogP) is 3.25. The van der Waals surface area contributed by atoms with Crippen LogP contribution < -0.4 is 0 Å². The molecule has 0 unspecified atom stereocenters. The summed E-state index contributed by atoms with van der Waals surface area (Å²) in [6.45, 7) is 3.32. The molecule has 1 aliphatic rings. The van der Waals surface area contributed by atoms with Crippen molar-refractivity contribution in [2.75, 3.05) is 13.1 Å². The quantitative estimate of drug-likeness (QED) is 0.929. The van der Waals surface area contributed by atoms with Crippen molar-refractivity contribution in [2.24, 2.45) is 5.92 Å². The Labute approximate surface area is 147 Å². The molecule has 1 fully saturated rings. The van der Waals surface area contributed by atoms with Gasteiger partial charge in [-0.25, -0.2) is 4.79 Å². The SMILES string of the molecule is CC(=O)N1CCC[C@H](Cc2ccnc(-c3ccc(C(=O)O)cc3)c2)C1. The number of likely N-dealkylation sites (tertiary alicyclic amines) is 1. The molecule has 1 saturated heterocycles. The lowest BCUT2D eigenvalue weighted by Gasteiger charge is -2.32. The van der Waals surface area contributed by atoms with Crippen molar-refractivity contribution in [3.05, 3.63) is 53.7 Å². The minimum Gasteiger partial charge on any atom is -0.478 e. The van der Waals surface area contributed by atoms with E-state index in [1.165, 1.54) is 5.56 Å². The van der Waals surface area contributed by atoms with Crippen molar-refractivity contribution >= 4 is 11.9 Å². The van der Waals surface area contributed by atoms with E-state index in [9.17, 15) is 9.59 Å². The third-order valence-electron chi connectivity index (χ3n) is 4.74. The fourth-order valence-corrected chi connectivity index (χ4v) is 3.39. The largest absolute Gasteiger partial charge is 0.478 e. The molecule has 2 heterocycles. The number of benzene rings is 1. The van der Waals surface area contributed by atoms with E-state index in [1.807, 2.05) is 11.0 Å². The van der Waals surface area contributed by atoms with E-state index in [0.29, 0.717) is 5.92 Å². The van der Waals surface area contributed by atoms with Crippen LogP contribution in [0.15, 0.2) is 42.6 Å². The highest BCUT2D eigenvalue weighted by Gasteiger charge is 2.21. The Hall–Kier alpha value is -2.69. The van der Waals surface area contributed by atoms with Crippen LogP contribution >= 0.6 is 0 Å². The fraction of sp³-hybridized carbons (Fsp3) is 0.350. The summed E-state index contributed by atoms with van der Waals surface area (Å²) in [5.41, 5.74) is 3.21. The van der Waals surface area contributed by atoms with E-state index >= 15 is 0 Å². The minimum absolute atomic E-state index is 0.152. The highest BCUT2D eigenvalue weighted by molar-refractivity contribution is 5.88. The monoisotopic (exact) mass is 338 g/mol. The van der Waals surface area contributed by atoms with E-state index in [2.05, 4.69) is 11.1 Å². The Kier molecular flexibility index (Phi) is 5.12. The topological polar surface area (TPSA) is 70.5 Å². The molecule has 1 aliphatic heterocycles. The highest BCUT2D eigenvalue weighted by atomic mass is 16.4. The summed E-state index contributed by atoms with van der Waals surface area (Å²) >= 11 is 0. The summed E-state index contributed by atoms with van der Waals surface area (Å²) in [5.74, 6) is -0.304. The van der Waals surface area contributed by atoms with Crippen molar-refractivity contribution < 1.29 is 14.7 Å². The van der Waals surface area contributed by atoms with Gasteiger partial charge in [0.2, 0.25) is 5.91 Å². The molecule has 1 aromatic heterocycles. The van der Waals surface area contributed by atoms with Gasteiger partial charge in [0.1, 0.15) is 0 Å². The first-order valence-electron chi connectivity index (χ1n) is 8.57. The van der Waals surface area contributed by atoms with Crippen molar-refractivity contribution in [2.45, 2.75) is 26.2 Å². The van der Waals surface area contributed by atoms with Crippen molar-refractivity contribution in [1.82, 2.24) is 9.88 Å². The van der Waals surface area contributed by atoms with Crippen LogP contribution in [0.2, 0.25) is 0 Å². The standard InChI is InChI=1S/C20H22N2O3/c1-14(23)22-10-2-3-16(13-22)11-15-8-9-21-19(12-15)17-4-6-18(7-5-17)20(24)25/h4-9,12,16H,2-3,10-11,13H2,1H3,(H,24,25)/t16-/m1/s1. The summed E-state index contributed by atoms with van der Waals surface area (Å²) < 4.78 is 0. The smallest absolute Gasteiger partial charge is 0.335 e. The highest BCUT2D eigenvalue weighted by Crippen LogP contribution is 2.24. The maximum Gasteiger partial charge on any atom is 0.335 e. The van der Waals surface area contributed by atoms with Crippen LogP contribution in [0.3, 0.4) is 0 Å². The van der Waals surface area contributed by atoms with Crippen LogP contribution in [-0.4, -0.2) is 40.0 Å². The number of rotatable bonds is 4. The summed E-state index contributed by atoms with van der Waals surface area (Å²) in [7, 11) is 0. The van der Waals surface area contributed by atoms with Crippen LogP contribution in [0, 0.1) is 5.92 Å². The molecule has 3 rings (SSSR count). The van der Waals surface area contributed by atoms with Crippen molar-refractivity contribution in [1.29, 1.82) is 0 Å². The number of carboxylic acids is 1. The normalized spacial score (nSPS) is 17.3. The first-order valence-corrected chi connectivity index (χ1v) is 8.57. The van der Waals surface area contributed by atoms with E-state index in [-0.39, 0.29) is 11.5 Å². The molecule has 0 radical (unpaired) electrons. The number of pyridine rings is 1. The van der Waals surface area contributed by atoms with Gasteiger partial charge in [0.05, 0.1) is 11.3 Å². The van der Waals surface area contributed by atoms with Gasteiger partial charge < -0.3 is 10.0 Å². The van der Waals surface area contributed by atoms with Gasteiger partial charge in [0, 0.05) is 31.8 Å². The van der Waals surface area contributed by atoms with Gasteiger partial charge in [0.25, 0.3) is 0 Å². The van der Waals surface area contributed by atoms with Crippen molar-refractivity contribution in [3.63, 3.8) is 0 Å². The number of aromatic carboxylic acids is 1. The molecule has 0 spiro atoms. The number of hydrogen-bond donors (Lipinski definition) is 1. The Balaban J connectivity index is 1.73. The van der Waals surface area contributed by atoms with Crippen LogP contribution in [0.4, 0.5) is 0 Å². The number of aromatic nitrogens is 1. The fourth-order valence-electron chi connectivity index (χ4n) is 3.39. The molecule has 1 atom stereocenters. The predicted molar refractivity (Wildman–Crippen MR) is 95.3 cm³/mol. The lowest BCUT2D eigenvalue weighted by Crippen LogP contribution is -2.39. The number of carbonyl (C=O) groups excluding carboxylic acids is 1. The van der Waals surface area contributed by atoms with Crippen LogP contribution in [0.1, 0.15) is 35.7 Å². The molecule has 0 aliphatic carbocycles. The van der Waals surface area contributed by atoms with Gasteiger partial charge in [0.15, 0.2) is 0 Å². The summed E-state index contributed by atoms with van der Waals surface area (Å²) in [6, 6.07) is 10.8. The summed E-state index contributed by atoms with van der Waals surface area (Å²) in [4.78, 5) is 28.9. The lowest BCUT2D eigenvalue weighted by molar-refractivity contribution is -0.130. The zero-order valence-corrected chi connectivity index (χ0v) is 14.3. The minimum atomic E-state index is -0.930. The Bertz CT molecular complexity index is 771. The Morgan fingerprint density at radius 1 is 1.24 bits per heavy atom. The maximum absolute atomic E-state index is 11.6. The van der Waals surface area contributed by atoms with E-state index in [4.69, 9.17) is 5.11 Å². The molecule has 1 aromatic carbocycles. The molecular weight excluding hydrogens is 316 g/mol. The van der Waals surface area contributed by atoms with E-state index in [1.54, 1.807) is 37.4 Å². The molecule has 1 N–H and O–H groups in total. The Morgan fingerprint density at radius 2 is 2.00 bits per heavy atom. The zero-order valence-electron chi connectivity index (χ0n) is 14.3. The number of piperidine rings is 1. The number of hydrogen-bond acceptors (Lipinski definition) is 3. The number of amides is 1. The van der Waals surface area contributed by atoms with Gasteiger partial charge in [-0.05, 0) is 55.0 Å². The summed E-state index contributed by atoms with van der Waals surface area (Å²) in [6.07, 6.45) is 4.90. The number of nitrogens with zero attached hydrogens (tertiary/aromatic N) is 2. The third-order valence-corrected chi connectivity index (χ3v) is 4.74. The lowest BCUT2D eigenvalue weighted by atomic mass is 9.91. The van der Waals surface area contributed by atoms with Crippen molar-refractivity contribution in [3.8, 4) is 11.3 Å². The molecule has 130 valence electrons. The average Bonchev–Trinajstić information content (AvgIpc) is 2.62. The van der Waals surface area contributed by atoms with Gasteiger partial charge in [-0.3, -0.25) is 9.78 Å². The second kappa shape index (κ2) is 7.47. The van der Waals surface area contributed by atoms with Crippen LogP contribution in [0.25, 0.3) is 11.3 Å². The van der Waals surface area contributed by atoms with Crippen LogP contribution in [-0.2, 0) is 11.2 Å². The second-order valence-corrected chi connectivity index (χ2v) is 6.61. The molecule has 5 nitrogen and oxygen atoms in total. The van der Waals surface area contributed by atoms with E-state index in [0.717, 1.165) is 43.6 Å². The first kappa shape index (κ1) is 17.1. The van der Waals surface area contributed by atoms with E-state index < -0.39 is 5.97 Å². The van der Waals surface area contributed by atoms with Gasteiger partial charge in [-0.2, -0.15) is 0 Å².